The topological polar surface area (TPSA) is 35.8 Å². The number of nitrogens with one attached hydrogen (secondary N) is 1. The molecule has 1 saturated carbocycles. The van der Waals surface area contributed by atoms with Crippen LogP contribution in [0.4, 0.5) is 0 Å². The first-order valence-electron chi connectivity index (χ1n) is 7.56. The Hall–Kier alpha value is -0.980. The summed E-state index contributed by atoms with van der Waals surface area (Å²) < 4.78 is 0. The molecule has 1 aromatic carbocycles. The molecule has 0 saturated heterocycles. The monoisotopic (exact) mass is 288 g/mol. The second-order valence-electron chi connectivity index (χ2n) is 5.64. The Labute approximate surface area is 127 Å². The van der Waals surface area contributed by atoms with Gasteiger partial charge in [-0.2, -0.15) is 17.0 Å². The molecule has 0 aliphatic heterocycles. The first kappa shape index (κ1) is 15.4. The molecule has 0 radical (unpaired) electrons. The lowest BCUT2D eigenvalue weighted by Crippen LogP contribution is -2.43. The number of thioether (sulfide) groups is 1. The van der Waals surface area contributed by atoms with Gasteiger partial charge in [-0.25, -0.2) is 0 Å². The van der Waals surface area contributed by atoms with E-state index in [9.17, 15) is 5.26 Å². The van der Waals surface area contributed by atoms with E-state index in [1.54, 1.807) is 0 Å². The summed E-state index contributed by atoms with van der Waals surface area (Å²) in [5, 5.41) is 14.1. The first-order valence-corrected chi connectivity index (χ1v) is 8.61. The molecule has 3 heteroatoms. The predicted molar refractivity (Wildman–Crippen MR) is 86.7 cm³/mol. The van der Waals surface area contributed by atoms with Gasteiger partial charge in [0.2, 0.25) is 0 Å². The Balaban J connectivity index is 2.09. The Kier molecular flexibility index (Phi) is 5.51. The zero-order valence-electron chi connectivity index (χ0n) is 12.4. The Morgan fingerprint density at radius 3 is 2.65 bits per heavy atom. The molecule has 2 nitrogen and oxygen atoms in total. The molecular weight excluding hydrogens is 264 g/mol. The van der Waals surface area contributed by atoms with Crippen LogP contribution in [0.5, 0.6) is 0 Å². The van der Waals surface area contributed by atoms with Crippen LogP contribution in [-0.4, -0.2) is 17.0 Å². The highest BCUT2D eigenvalue weighted by Gasteiger charge is 2.37. The number of hydrogen-bond acceptors (Lipinski definition) is 3. The van der Waals surface area contributed by atoms with Crippen molar-refractivity contribution in [3.05, 3.63) is 35.9 Å². The van der Waals surface area contributed by atoms with Crippen LogP contribution in [0, 0.1) is 11.3 Å². The van der Waals surface area contributed by atoms with Crippen LogP contribution in [-0.2, 0) is 5.54 Å². The normalized spacial score (nSPS) is 19.1. The lowest BCUT2D eigenvalue weighted by molar-refractivity contribution is 0.412. The van der Waals surface area contributed by atoms with Crippen molar-refractivity contribution in [1.82, 2.24) is 5.32 Å². The van der Waals surface area contributed by atoms with Crippen molar-refractivity contribution < 1.29 is 0 Å². The molecule has 1 fully saturated rings. The first-order chi connectivity index (χ1) is 9.70. The minimum Gasteiger partial charge on any atom is -0.293 e. The summed E-state index contributed by atoms with van der Waals surface area (Å²) in [5.74, 6) is 1.02. The van der Waals surface area contributed by atoms with Gasteiger partial charge in [0.15, 0.2) is 0 Å². The number of benzene rings is 1. The summed E-state index contributed by atoms with van der Waals surface area (Å²) in [7, 11) is 0. The predicted octanol–water partition coefficient (Wildman–Crippen LogP) is 4.08. The van der Waals surface area contributed by atoms with Crippen LogP contribution in [0.2, 0.25) is 0 Å². The molecule has 0 heterocycles. The standard InChI is InChI=1S/C17H24N2S/c1-3-14(2)20-12-11-17(13-18,19-16-9-10-16)15-7-5-4-6-8-15/h4-8,14,16,19H,3,9-12H2,1-2H3. The fourth-order valence-corrected chi connectivity index (χ4v) is 3.34. The zero-order chi connectivity index (χ0) is 14.4. The summed E-state index contributed by atoms with van der Waals surface area (Å²) in [5.41, 5.74) is 0.599. The minimum absolute atomic E-state index is 0.511. The van der Waals surface area contributed by atoms with E-state index in [1.165, 1.54) is 19.3 Å². The molecule has 108 valence electrons. The summed E-state index contributed by atoms with van der Waals surface area (Å²) in [6, 6.07) is 13.3. The van der Waals surface area contributed by atoms with Crippen LogP contribution in [0.25, 0.3) is 0 Å². The van der Waals surface area contributed by atoms with Gasteiger partial charge in [-0.3, -0.25) is 5.32 Å². The van der Waals surface area contributed by atoms with E-state index in [2.05, 4.69) is 37.4 Å². The van der Waals surface area contributed by atoms with Gasteiger partial charge in [0.1, 0.15) is 5.54 Å². The van der Waals surface area contributed by atoms with Gasteiger partial charge in [0.25, 0.3) is 0 Å². The van der Waals surface area contributed by atoms with E-state index in [0.29, 0.717) is 11.3 Å². The molecule has 0 bridgehead atoms. The van der Waals surface area contributed by atoms with Gasteiger partial charge in [0, 0.05) is 11.3 Å². The molecule has 2 rings (SSSR count). The third kappa shape index (κ3) is 4.01. The van der Waals surface area contributed by atoms with Crippen molar-refractivity contribution in [2.45, 2.75) is 56.4 Å². The van der Waals surface area contributed by atoms with Crippen molar-refractivity contribution in [3.63, 3.8) is 0 Å². The number of nitriles is 1. The number of rotatable bonds is 8. The number of hydrogen-bond donors (Lipinski definition) is 1. The third-order valence-electron chi connectivity index (χ3n) is 3.94. The summed E-state index contributed by atoms with van der Waals surface area (Å²) >= 11 is 1.97. The number of nitrogens with zero attached hydrogens (tertiary/aromatic N) is 1. The SMILES string of the molecule is CCC(C)SCCC(C#N)(NC1CC1)c1ccccc1. The third-order valence-corrected chi connectivity index (χ3v) is 5.28. The molecule has 1 N–H and O–H groups in total. The Morgan fingerprint density at radius 1 is 1.40 bits per heavy atom. The molecular formula is C17H24N2S. The zero-order valence-corrected chi connectivity index (χ0v) is 13.2. The van der Waals surface area contributed by atoms with E-state index in [0.717, 1.165) is 17.7 Å². The second-order valence-corrected chi connectivity index (χ2v) is 7.19. The molecule has 0 aromatic heterocycles. The van der Waals surface area contributed by atoms with Gasteiger partial charge in [-0.1, -0.05) is 44.2 Å². The highest BCUT2D eigenvalue weighted by molar-refractivity contribution is 7.99. The van der Waals surface area contributed by atoms with Gasteiger partial charge in [-0.15, -0.1) is 0 Å². The van der Waals surface area contributed by atoms with Crippen molar-refractivity contribution in [1.29, 1.82) is 5.26 Å². The molecule has 0 amide bonds. The van der Waals surface area contributed by atoms with Crippen molar-refractivity contribution in [2.75, 3.05) is 5.75 Å². The molecule has 0 spiro atoms. The van der Waals surface area contributed by atoms with Crippen molar-refractivity contribution in [2.24, 2.45) is 0 Å². The maximum Gasteiger partial charge on any atom is 0.133 e. The maximum atomic E-state index is 9.81. The van der Waals surface area contributed by atoms with E-state index >= 15 is 0 Å². The van der Waals surface area contributed by atoms with Crippen molar-refractivity contribution in [3.8, 4) is 6.07 Å². The fraction of sp³-hybridized carbons (Fsp3) is 0.588. The van der Waals surface area contributed by atoms with Gasteiger partial charge < -0.3 is 0 Å². The van der Waals surface area contributed by atoms with Crippen LogP contribution in [0.1, 0.15) is 45.1 Å². The Bertz CT molecular complexity index is 450. The fourth-order valence-electron chi connectivity index (χ4n) is 2.28. The van der Waals surface area contributed by atoms with Crippen LogP contribution >= 0.6 is 11.8 Å². The van der Waals surface area contributed by atoms with Gasteiger partial charge in [-0.05, 0) is 37.0 Å². The van der Waals surface area contributed by atoms with E-state index in [1.807, 2.05) is 30.0 Å². The van der Waals surface area contributed by atoms with Crippen LogP contribution < -0.4 is 5.32 Å². The molecule has 2 atom stereocenters. The van der Waals surface area contributed by atoms with E-state index in [-0.39, 0.29) is 0 Å². The Morgan fingerprint density at radius 2 is 2.10 bits per heavy atom. The largest absolute Gasteiger partial charge is 0.293 e. The average Bonchev–Trinajstić information content (AvgIpc) is 3.30. The molecule has 20 heavy (non-hydrogen) atoms. The summed E-state index contributed by atoms with van der Waals surface area (Å²) in [6.07, 6.45) is 4.47. The second kappa shape index (κ2) is 7.15. The lowest BCUT2D eigenvalue weighted by Gasteiger charge is -2.29. The molecule has 2 unspecified atom stereocenters. The maximum absolute atomic E-state index is 9.81. The average molecular weight is 288 g/mol. The summed E-state index contributed by atoms with van der Waals surface area (Å²) in [4.78, 5) is 0. The van der Waals surface area contributed by atoms with Crippen molar-refractivity contribution >= 4 is 11.8 Å². The van der Waals surface area contributed by atoms with E-state index in [4.69, 9.17) is 0 Å². The highest BCUT2D eigenvalue weighted by Crippen LogP contribution is 2.32. The quantitative estimate of drug-likeness (QED) is 0.783. The van der Waals surface area contributed by atoms with Gasteiger partial charge in [0.05, 0.1) is 6.07 Å². The highest BCUT2D eigenvalue weighted by atomic mass is 32.2. The minimum atomic E-state index is -0.511. The molecule has 1 aliphatic carbocycles. The van der Waals surface area contributed by atoms with Crippen LogP contribution in [0.3, 0.4) is 0 Å². The molecule has 1 aliphatic rings. The summed E-state index contributed by atoms with van der Waals surface area (Å²) in [6.45, 7) is 4.48. The molecule has 1 aromatic rings. The van der Waals surface area contributed by atoms with Crippen LogP contribution in [0.15, 0.2) is 30.3 Å². The van der Waals surface area contributed by atoms with Gasteiger partial charge >= 0.3 is 0 Å². The smallest absolute Gasteiger partial charge is 0.133 e. The lowest BCUT2D eigenvalue weighted by atomic mass is 9.88. The van der Waals surface area contributed by atoms with E-state index < -0.39 is 5.54 Å².